The summed E-state index contributed by atoms with van der Waals surface area (Å²) in [6.45, 7) is 4.03. The Hall–Kier alpha value is -2.04. The molecular formula is C15H20N2O3. The van der Waals surface area contributed by atoms with E-state index in [4.69, 9.17) is 5.73 Å². The molecule has 108 valence electrons. The van der Waals surface area contributed by atoms with E-state index in [1.165, 1.54) is 0 Å². The van der Waals surface area contributed by atoms with Crippen molar-refractivity contribution in [2.24, 2.45) is 11.7 Å². The molecular weight excluding hydrogens is 256 g/mol. The molecule has 1 aromatic carbocycles. The molecule has 1 aliphatic rings. The molecule has 3 N–H and O–H groups in total. The monoisotopic (exact) mass is 276 g/mol. The molecule has 5 heteroatoms. The number of aromatic hydroxyl groups is 1. The van der Waals surface area contributed by atoms with Gasteiger partial charge in [0.2, 0.25) is 5.91 Å². The van der Waals surface area contributed by atoms with Gasteiger partial charge in [-0.25, -0.2) is 0 Å². The third-order valence-corrected chi connectivity index (χ3v) is 4.08. The summed E-state index contributed by atoms with van der Waals surface area (Å²) in [5.41, 5.74) is 6.39. The molecule has 0 aliphatic carbocycles. The fourth-order valence-corrected chi connectivity index (χ4v) is 2.63. The van der Waals surface area contributed by atoms with Crippen LogP contribution in [-0.4, -0.2) is 34.4 Å². The molecule has 1 aromatic rings. The van der Waals surface area contributed by atoms with E-state index in [2.05, 4.69) is 0 Å². The number of nitrogens with zero attached hydrogens (tertiary/aromatic N) is 1. The molecule has 0 spiro atoms. The van der Waals surface area contributed by atoms with Crippen molar-refractivity contribution in [3.63, 3.8) is 0 Å². The maximum Gasteiger partial charge on any atom is 0.254 e. The minimum Gasteiger partial charge on any atom is -0.508 e. The van der Waals surface area contributed by atoms with Crippen LogP contribution in [0.15, 0.2) is 18.2 Å². The first kappa shape index (κ1) is 14.4. The van der Waals surface area contributed by atoms with Gasteiger partial charge in [0.15, 0.2) is 0 Å². The maximum absolute atomic E-state index is 12.6. The van der Waals surface area contributed by atoms with Crippen LogP contribution in [0.25, 0.3) is 0 Å². The van der Waals surface area contributed by atoms with Crippen LogP contribution in [0.3, 0.4) is 0 Å². The van der Waals surface area contributed by atoms with Crippen LogP contribution in [0.5, 0.6) is 5.75 Å². The average Bonchev–Trinajstić information content (AvgIpc) is 2.41. The molecule has 0 saturated carbocycles. The van der Waals surface area contributed by atoms with Crippen molar-refractivity contribution in [2.45, 2.75) is 32.7 Å². The summed E-state index contributed by atoms with van der Waals surface area (Å²) in [4.78, 5) is 25.6. The van der Waals surface area contributed by atoms with E-state index in [1.54, 1.807) is 30.0 Å². The average molecular weight is 276 g/mol. The summed E-state index contributed by atoms with van der Waals surface area (Å²) >= 11 is 0. The maximum atomic E-state index is 12.6. The van der Waals surface area contributed by atoms with Gasteiger partial charge in [-0.05, 0) is 38.8 Å². The summed E-state index contributed by atoms with van der Waals surface area (Å²) in [7, 11) is 0. The number of likely N-dealkylation sites (tertiary alicyclic amines) is 1. The van der Waals surface area contributed by atoms with Crippen molar-refractivity contribution in [3.8, 4) is 5.75 Å². The molecule has 5 nitrogen and oxygen atoms in total. The smallest absolute Gasteiger partial charge is 0.254 e. The van der Waals surface area contributed by atoms with Crippen LogP contribution in [0.2, 0.25) is 0 Å². The zero-order valence-electron chi connectivity index (χ0n) is 11.8. The Morgan fingerprint density at radius 1 is 1.35 bits per heavy atom. The van der Waals surface area contributed by atoms with Crippen molar-refractivity contribution >= 4 is 11.8 Å². The zero-order chi connectivity index (χ0) is 14.9. The third kappa shape index (κ3) is 2.61. The second kappa shape index (κ2) is 5.53. The summed E-state index contributed by atoms with van der Waals surface area (Å²) in [6, 6.07) is 4.96. The van der Waals surface area contributed by atoms with Crippen molar-refractivity contribution in [3.05, 3.63) is 29.3 Å². The largest absolute Gasteiger partial charge is 0.508 e. The number of carbonyl (C=O) groups excluding carboxylic acids is 2. The minimum absolute atomic E-state index is 0.0693. The number of amides is 2. The van der Waals surface area contributed by atoms with Crippen LogP contribution >= 0.6 is 0 Å². The Balaban J connectivity index is 2.26. The van der Waals surface area contributed by atoms with E-state index in [-0.39, 0.29) is 29.5 Å². The Morgan fingerprint density at radius 3 is 2.70 bits per heavy atom. The lowest BCUT2D eigenvalue weighted by Crippen LogP contribution is -2.48. The first-order chi connectivity index (χ1) is 9.41. The highest BCUT2D eigenvalue weighted by molar-refractivity contribution is 5.96. The topological polar surface area (TPSA) is 83.6 Å². The molecule has 2 unspecified atom stereocenters. The van der Waals surface area contributed by atoms with Crippen LogP contribution in [-0.2, 0) is 4.79 Å². The first-order valence-corrected chi connectivity index (χ1v) is 6.80. The number of benzene rings is 1. The van der Waals surface area contributed by atoms with Gasteiger partial charge in [0, 0.05) is 23.7 Å². The van der Waals surface area contributed by atoms with Gasteiger partial charge in [-0.15, -0.1) is 0 Å². The molecule has 20 heavy (non-hydrogen) atoms. The van der Waals surface area contributed by atoms with Crippen LogP contribution in [0.1, 0.15) is 35.7 Å². The van der Waals surface area contributed by atoms with Crippen LogP contribution in [0.4, 0.5) is 0 Å². The third-order valence-electron chi connectivity index (χ3n) is 4.08. The van der Waals surface area contributed by atoms with Crippen molar-refractivity contribution in [1.82, 2.24) is 4.90 Å². The Kier molecular flexibility index (Phi) is 3.97. The summed E-state index contributed by atoms with van der Waals surface area (Å²) in [5, 5.41) is 9.71. The van der Waals surface area contributed by atoms with E-state index in [0.717, 1.165) is 12.8 Å². The number of nitrogens with two attached hydrogens (primary N) is 1. The fourth-order valence-electron chi connectivity index (χ4n) is 2.63. The van der Waals surface area contributed by atoms with Crippen LogP contribution < -0.4 is 5.73 Å². The van der Waals surface area contributed by atoms with Gasteiger partial charge in [0.05, 0.1) is 5.92 Å². The zero-order valence-corrected chi connectivity index (χ0v) is 11.8. The molecule has 1 fully saturated rings. The molecule has 0 bridgehead atoms. The lowest BCUT2D eigenvalue weighted by molar-refractivity contribution is -0.123. The molecule has 1 saturated heterocycles. The first-order valence-electron chi connectivity index (χ1n) is 6.80. The Labute approximate surface area is 118 Å². The number of hydrogen-bond acceptors (Lipinski definition) is 3. The van der Waals surface area contributed by atoms with E-state index < -0.39 is 0 Å². The SMILES string of the molecule is Cc1c(O)cccc1C(=O)N1CC(C(N)=O)CCC1C. The molecule has 0 aromatic heterocycles. The highest BCUT2D eigenvalue weighted by Gasteiger charge is 2.32. The van der Waals surface area contributed by atoms with Gasteiger partial charge in [0.25, 0.3) is 5.91 Å². The molecule has 2 amide bonds. The lowest BCUT2D eigenvalue weighted by atomic mass is 9.92. The number of rotatable bonds is 2. The Bertz CT molecular complexity index is 542. The standard InChI is InChI=1S/C15H20N2O3/c1-9-6-7-11(14(16)19)8-17(9)15(20)12-4-3-5-13(18)10(12)2/h3-5,9,11,18H,6-8H2,1-2H3,(H2,16,19). The van der Waals surface area contributed by atoms with Crippen molar-refractivity contribution in [2.75, 3.05) is 6.54 Å². The number of primary amides is 1. The van der Waals surface area contributed by atoms with Gasteiger partial charge in [-0.3, -0.25) is 9.59 Å². The highest BCUT2D eigenvalue weighted by atomic mass is 16.3. The van der Waals surface area contributed by atoms with Gasteiger partial charge in [-0.1, -0.05) is 6.07 Å². The van der Waals surface area contributed by atoms with E-state index in [0.29, 0.717) is 17.7 Å². The number of phenols is 1. The predicted octanol–water partition coefficient (Wildman–Crippen LogP) is 1.43. The van der Waals surface area contributed by atoms with Gasteiger partial charge in [-0.2, -0.15) is 0 Å². The molecule has 1 aliphatic heterocycles. The van der Waals surface area contributed by atoms with E-state index in [1.807, 2.05) is 6.92 Å². The van der Waals surface area contributed by atoms with Gasteiger partial charge in [0.1, 0.15) is 5.75 Å². The number of hydrogen-bond donors (Lipinski definition) is 2. The second-order valence-corrected chi connectivity index (χ2v) is 5.43. The second-order valence-electron chi connectivity index (χ2n) is 5.43. The molecule has 2 rings (SSSR count). The summed E-state index contributed by atoms with van der Waals surface area (Å²) in [6.07, 6.45) is 1.48. The highest BCUT2D eigenvalue weighted by Crippen LogP contribution is 2.26. The predicted molar refractivity (Wildman–Crippen MR) is 75.3 cm³/mol. The summed E-state index contributed by atoms with van der Waals surface area (Å²) < 4.78 is 0. The minimum atomic E-state index is -0.359. The lowest BCUT2D eigenvalue weighted by Gasteiger charge is -2.37. The number of carbonyl (C=O) groups is 2. The van der Waals surface area contributed by atoms with Gasteiger partial charge < -0.3 is 15.7 Å². The molecule has 1 heterocycles. The fraction of sp³-hybridized carbons (Fsp3) is 0.467. The molecule has 2 atom stereocenters. The normalized spacial score (nSPS) is 22.6. The van der Waals surface area contributed by atoms with Crippen LogP contribution in [0, 0.1) is 12.8 Å². The Morgan fingerprint density at radius 2 is 2.05 bits per heavy atom. The number of piperidine rings is 1. The van der Waals surface area contributed by atoms with E-state index >= 15 is 0 Å². The van der Waals surface area contributed by atoms with Crippen molar-refractivity contribution in [1.29, 1.82) is 0 Å². The molecule has 0 radical (unpaired) electrons. The summed E-state index contributed by atoms with van der Waals surface area (Å²) in [5.74, 6) is -0.695. The van der Waals surface area contributed by atoms with E-state index in [9.17, 15) is 14.7 Å². The quantitative estimate of drug-likeness (QED) is 0.857. The number of phenolic OH excluding ortho intramolecular Hbond substituents is 1. The van der Waals surface area contributed by atoms with Crippen molar-refractivity contribution < 1.29 is 14.7 Å². The van der Waals surface area contributed by atoms with Gasteiger partial charge >= 0.3 is 0 Å².